The van der Waals surface area contributed by atoms with Crippen LogP contribution in [0, 0.1) is 0 Å². The molecule has 0 aliphatic carbocycles. The SMILES string of the molecule is OC[C@H]1O[C@@H](OC(=S)CCc2ccccc2)[C@H](O)[C@@H](O)[C@@H]1O. The first-order valence-electron chi connectivity index (χ1n) is 7.07. The number of benzene rings is 1. The summed E-state index contributed by atoms with van der Waals surface area (Å²) >= 11 is 5.11. The van der Waals surface area contributed by atoms with Crippen molar-refractivity contribution >= 4 is 17.3 Å². The van der Waals surface area contributed by atoms with Gasteiger partial charge in [0, 0.05) is 6.42 Å². The molecule has 1 fully saturated rings. The Bertz CT molecular complexity index is 480. The summed E-state index contributed by atoms with van der Waals surface area (Å²) in [6.45, 7) is -0.498. The van der Waals surface area contributed by atoms with Crippen LogP contribution in [0.2, 0.25) is 0 Å². The molecule has 1 saturated heterocycles. The van der Waals surface area contributed by atoms with E-state index >= 15 is 0 Å². The van der Waals surface area contributed by atoms with Crippen LogP contribution in [0.3, 0.4) is 0 Å². The third-order valence-electron chi connectivity index (χ3n) is 3.56. The Morgan fingerprint density at radius 2 is 1.77 bits per heavy atom. The van der Waals surface area contributed by atoms with Crippen molar-refractivity contribution in [3.05, 3.63) is 35.9 Å². The third-order valence-corrected chi connectivity index (χ3v) is 3.86. The average molecular weight is 328 g/mol. The zero-order chi connectivity index (χ0) is 16.1. The molecule has 1 aliphatic rings. The second-order valence-corrected chi connectivity index (χ2v) is 5.63. The lowest BCUT2D eigenvalue weighted by molar-refractivity contribution is -0.281. The molecular weight excluding hydrogens is 308 g/mol. The number of hydrogen-bond donors (Lipinski definition) is 4. The Morgan fingerprint density at radius 3 is 2.41 bits per heavy atom. The maximum Gasteiger partial charge on any atom is 0.229 e. The van der Waals surface area contributed by atoms with E-state index in [9.17, 15) is 15.3 Å². The first-order valence-corrected chi connectivity index (χ1v) is 7.47. The van der Waals surface area contributed by atoms with E-state index in [-0.39, 0.29) is 5.05 Å². The maximum atomic E-state index is 9.85. The Kier molecular flexibility index (Phi) is 6.25. The summed E-state index contributed by atoms with van der Waals surface area (Å²) in [6.07, 6.45) is -5.39. The molecule has 0 spiro atoms. The fourth-order valence-corrected chi connectivity index (χ4v) is 2.44. The van der Waals surface area contributed by atoms with E-state index in [0.717, 1.165) is 5.56 Å². The highest BCUT2D eigenvalue weighted by molar-refractivity contribution is 7.80. The summed E-state index contributed by atoms with van der Waals surface area (Å²) in [4.78, 5) is 0. The number of aliphatic hydroxyl groups excluding tert-OH is 4. The molecule has 1 aromatic rings. The first-order chi connectivity index (χ1) is 10.5. The minimum Gasteiger partial charge on any atom is -0.455 e. The number of thiocarbonyl (C=S) groups is 1. The fraction of sp³-hybridized carbons (Fsp3) is 0.533. The first kappa shape index (κ1) is 17.3. The smallest absolute Gasteiger partial charge is 0.229 e. The van der Waals surface area contributed by atoms with Crippen molar-refractivity contribution < 1.29 is 29.9 Å². The quantitative estimate of drug-likeness (QED) is 0.554. The minimum absolute atomic E-state index is 0.230. The van der Waals surface area contributed by atoms with Gasteiger partial charge in [-0.1, -0.05) is 30.3 Å². The van der Waals surface area contributed by atoms with E-state index < -0.39 is 37.3 Å². The zero-order valence-electron chi connectivity index (χ0n) is 11.9. The lowest BCUT2D eigenvalue weighted by Crippen LogP contribution is -2.59. The number of aliphatic hydroxyl groups is 4. The van der Waals surface area contributed by atoms with Crippen LogP contribution >= 0.6 is 12.2 Å². The van der Waals surface area contributed by atoms with Gasteiger partial charge in [0.05, 0.1) is 6.61 Å². The Labute approximate surface area is 133 Å². The van der Waals surface area contributed by atoms with Gasteiger partial charge in [-0.3, -0.25) is 0 Å². The van der Waals surface area contributed by atoms with E-state index in [1.165, 1.54) is 0 Å². The van der Waals surface area contributed by atoms with Gasteiger partial charge in [0.1, 0.15) is 24.4 Å². The van der Waals surface area contributed by atoms with E-state index in [4.69, 9.17) is 26.8 Å². The summed E-state index contributed by atoms with van der Waals surface area (Å²) < 4.78 is 10.6. The van der Waals surface area contributed by atoms with E-state index in [1.54, 1.807) is 0 Å². The van der Waals surface area contributed by atoms with Gasteiger partial charge in [-0.05, 0) is 24.2 Å². The largest absolute Gasteiger partial charge is 0.455 e. The molecule has 0 bridgehead atoms. The van der Waals surface area contributed by atoms with Crippen LogP contribution in [-0.2, 0) is 15.9 Å². The van der Waals surface area contributed by atoms with Gasteiger partial charge in [-0.2, -0.15) is 0 Å². The van der Waals surface area contributed by atoms with Gasteiger partial charge in [-0.15, -0.1) is 0 Å². The molecule has 1 aliphatic heterocycles. The summed E-state index contributed by atoms with van der Waals surface area (Å²) in [5.41, 5.74) is 1.10. The Morgan fingerprint density at radius 1 is 1.09 bits per heavy atom. The van der Waals surface area contributed by atoms with Gasteiger partial charge in [0.15, 0.2) is 5.05 Å². The highest BCUT2D eigenvalue weighted by Gasteiger charge is 2.44. The topological polar surface area (TPSA) is 99.4 Å². The highest BCUT2D eigenvalue weighted by Crippen LogP contribution is 2.22. The number of ether oxygens (including phenoxy) is 2. The molecule has 1 heterocycles. The predicted octanol–water partition coefficient (Wildman–Crippen LogP) is -0.237. The molecule has 7 heteroatoms. The molecule has 4 N–H and O–H groups in total. The molecule has 0 radical (unpaired) electrons. The maximum absolute atomic E-state index is 9.85. The second kappa shape index (κ2) is 7.96. The van der Waals surface area contributed by atoms with Crippen molar-refractivity contribution in [2.24, 2.45) is 0 Å². The lowest BCUT2D eigenvalue weighted by Gasteiger charge is -2.39. The fourth-order valence-electron chi connectivity index (χ4n) is 2.24. The molecular formula is C15H20O6S. The van der Waals surface area contributed by atoms with Crippen LogP contribution in [0.15, 0.2) is 30.3 Å². The normalized spacial score (nSPS) is 31.7. The van der Waals surface area contributed by atoms with Gasteiger partial charge in [0.2, 0.25) is 6.29 Å². The molecule has 0 aromatic heterocycles. The van der Waals surface area contributed by atoms with Gasteiger partial charge in [-0.25, -0.2) is 0 Å². The highest BCUT2D eigenvalue weighted by atomic mass is 32.1. The summed E-state index contributed by atoms with van der Waals surface area (Å²) in [5, 5.41) is 38.5. The molecule has 6 nitrogen and oxygen atoms in total. The molecule has 0 saturated carbocycles. The standard InChI is InChI=1S/C15H20O6S/c16-8-10-12(17)13(18)14(19)15(20-10)21-11(22)7-6-9-4-2-1-3-5-9/h1-5,10,12-19H,6-8H2/t10-,12-,13+,14-,15+/m1/s1. The van der Waals surface area contributed by atoms with E-state index in [0.29, 0.717) is 12.8 Å². The van der Waals surface area contributed by atoms with Crippen molar-refractivity contribution in [3.8, 4) is 0 Å². The Balaban J connectivity index is 1.87. The van der Waals surface area contributed by atoms with Crippen molar-refractivity contribution in [2.75, 3.05) is 6.61 Å². The van der Waals surface area contributed by atoms with Crippen LogP contribution in [0.1, 0.15) is 12.0 Å². The van der Waals surface area contributed by atoms with Crippen LogP contribution in [0.4, 0.5) is 0 Å². The molecule has 0 unspecified atom stereocenters. The van der Waals surface area contributed by atoms with Gasteiger partial charge >= 0.3 is 0 Å². The number of aryl methyl sites for hydroxylation is 1. The third kappa shape index (κ3) is 4.22. The summed E-state index contributed by atoms with van der Waals surface area (Å²) in [7, 11) is 0. The molecule has 5 atom stereocenters. The number of rotatable bonds is 5. The van der Waals surface area contributed by atoms with Gasteiger partial charge in [0.25, 0.3) is 0 Å². The van der Waals surface area contributed by atoms with Crippen LogP contribution < -0.4 is 0 Å². The average Bonchev–Trinajstić information content (AvgIpc) is 2.54. The van der Waals surface area contributed by atoms with Crippen LogP contribution in [-0.4, -0.2) is 62.8 Å². The molecule has 22 heavy (non-hydrogen) atoms. The van der Waals surface area contributed by atoms with Crippen LogP contribution in [0.5, 0.6) is 0 Å². The van der Waals surface area contributed by atoms with Crippen molar-refractivity contribution in [1.82, 2.24) is 0 Å². The van der Waals surface area contributed by atoms with Crippen LogP contribution in [0.25, 0.3) is 0 Å². The Hall–Kier alpha value is -1.09. The monoisotopic (exact) mass is 328 g/mol. The zero-order valence-corrected chi connectivity index (χ0v) is 12.7. The van der Waals surface area contributed by atoms with Crippen molar-refractivity contribution in [2.45, 2.75) is 43.5 Å². The minimum atomic E-state index is -1.46. The molecule has 122 valence electrons. The number of hydrogen-bond acceptors (Lipinski definition) is 7. The van der Waals surface area contributed by atoms with E-state index in [1.807, 2.05) is 30.3 Å². The van der Waals surface area contributed by atoms with Gasteiger partial charge < -0.3 is 29.9 Å². The lowest BCUT2D eigenvalue weighted by atomic mass is 9.99. The summed E-state index contributed by atoms with van der Waals surface area (Å²) in [5.74, 6) is 0. The van der Waals surface area contributed by atoms with Crippen molar-refractivity contribution in [1.29, 1.82) is 0 Å². The molecule has 2 rings (SSSR count). The van der Waals surface area contributed by atoms with Crippen molar-refractivity contribution in [3.63, 3.8) is 0 Å². The summed E-state index contributed by atoms with van der Waals surface area (Å²) in [6, 6.07) is 9.72. The molecule has 0 amide bonds. The van der Waals surface area contributed by atoms with E-state index in [2.05, 4.69) is 0 Å². The second-order valence-electron chi connectivity index (χ2n) is 5.17. The predicted molar refractivity (Wildman–Crippen MR) is 82.2 cm³/mol. The molecule has 1 aromatic carbocycles.